The lowest BCUT2D eigenvalue weighted by Crippen LogP contribution is -2.42. The number of carbonyl (C=O) groups is 2. The summed E-state index contributed by atoms with van der Waals surface area (Å²) in [5.41, 5.74) is 4.21. The Balaban J connectivity index is 1.38. The number of aromatic nitrogens is 2. The molecule has 6 rings (SSSR count). The Kier molecular flexibility index (Phi) is 7.41. The van der Waals surface area contributed by atoms with Crippen molar-refractivity contribution in [3.8, 4) is 0 Å². The van der Waals surface area contributed by atoms with E-state index in [0.717, 1.165) is 54.0 Å². The van der Waals surface area contributed by atoms with E-state index in [1.54, 1.807) is 31.3 Å². The Bertz CT molecular complexity index is 1260. The van der Waals surface area contributed by atoms with E-state index in [0.29, 0.717) is 45.7 Å². The number of amides is 3. The Morgan fingerprint density at radius 2 is 1.98 bits per heavy atom. The molecule has 1 N–H and O–H groups in total. The maximum Gasteiger partial charge on any atom is 0.317 e. The maximum atomic E-state index is 14.6. The number of rotatable bonds is 4. The molecule has 0 radical (unpaired) electrons. The highest BCUT2D eigenvalue weighted by Gasteiger charge is 2.40. The fraction of sp³-hybridized carbons (Fsp3) is 0.621. The lowest BCUT2D eigenvalue weighted by atomic mass is 9.73. The summed E-state index contributed by atoms with van der Waals surface area (Å²) < 4.78 is 36.9. The highest BCUT2D eigenvalue weighted by atomic mass is 19.3. The van der Waals surface area contributed by atoms with Gasteiger partial charge in [-0.05, 0) is 55.6 Å². The van der Waals surface area contributed by atoms with Crippen LogP contribution in [0.5, 0.6) is 0 Å². The normalized spacial score (nSPS) is 25.8. The van der Waals surface area contributed by atoms with Gasteiger partial charge in [-0.3, -0.25) is 9.48 Å². The molecule has 1 aromatic heterocycles. The van der Waals surface area contributed by atoms with Gasteiger partial charge in [0.2, 0.25) is 5.91 Å². The van der Waals surface area contributed by atoms with E-state index in [1.807, 2.05) is 6.08 Å². The predicted octanol–water partition coefficient (Wildman–Crippen LogP) is 3.99. The maximum absolute atomic E-state index is 14.6. The van der Waals surface area contributed by atoms with E-state index in [1.165, 1.54) is 4.90 Å². The number of ether oxygens (including phenoxy) is 1. The van der Waals surface area contributed by atoms with E-state index in [9.17, 15) is 18.4 Å². The largest absolute Gasteiger partial charge is 0.381 e. The molecule has 0 bridgehead atoms. The summed E-state index contributed by atoms with van der Waals surface area (Å²) >= 11 is 0. The number of fused-ring (bicyclic) bond motifs is 1. The van der Waals surface area contributed by atoms with Crippen molar-refractivity contribution in [2.75, 3.05) is 45.3 Å². The number of urea groups is 1. The summed E-state index contributed by atoms with van der Waals surface area (Å²) in [5, 5.41) is 7.90. The standard InChI is InChI=1S/C29H38F2N6O3/c1-32-29(39)35-11-6-24-23(17-35)28(33-37(24)20-7-12-40-13-8-20)36-9-3-4-19-14-21(22(27(30)31)16-25(19)36)18-5-10-34(2)26(38)15-18/h5,10,16,18,20-21,27H,3-4,6-9,11-15,17H2,1-2H3,(H,32,39). The summed E-state index contributed by atoms with van der Waals surface area (Å²) in [6.45, 7) is 3.10. The minimum absolute atomic E-state index is 0.0443. The van der Waals surface area contributed by atoms with E-state index in [-0.39, 0.29) is 35.9 Å². The van der Waals surface area contributed by atoms with E-state index < -0.39 is 12.3 Å². The topological polar surface area (TPSA) is 82.9 Å². The van der Waals surface area contributed by atoms with Crippen LogP contribution in [-0.4, -0.2) is 78.3 Å². The highest BCUT2D eigenvalue weighted by molar-refractivity contribution is 5.78. The van der Waals surface area contributed by atoms with Crippen molar-refractivity contribution in [1.29, 1.82) is 0 Å². The lowest BCUT2D eigenvalue weighted by Gasteiger charge is -2.40. The molecule has 5 aliphatic rings. The molecular weight excluding hydrogens is 518 g/mol. The molecule has 0 saturated carbocycles. The molecule has 4 aliphatic heterocycles. The monoisotopic (exact) mass is 556 g/mol. The summed E-state index contributed by atoms with van der Waals surface area (Å²) in [7, 11) is 3.33. The van der Waals surface area contributed by atoms with Gasteiger partial charge in [-0.1, -0.05) is 6.08 Å². The Hall–Kier alpha value is -3.21. The third-order valence-corrected chi connectivity index (χ3v) is 9.20. The Morgan fingerprint density at radius 1 is 1.18 bits per heavy atom. The number of nitrogens with one attached hydrogen (secondary N) is 1. The average molecular weight is 557 g/mol. The number of hydrogen-bond donors (Lipinski definition) is 1. The molecule has 1 fully saturated rings. The van der Waals surface area contributed by atoms with Crippen LogP contribution < -0.4 is 10.2 Å². The molecule has 216 valence electrons. The Labute approximate surface area is 233 Å². The van der Waals surface area contributed by atoms with E-state index >= 15 is 0 Å². The molecule has 1 saturated heterocycles. The molecular formula is C29H38F2N6O3. The summed E-state index contributed by atoms with van der Waals surface area (Å²) in [4.78, 5) is 30.4. The third-order valence-electron chi connectivity index (χ3n) is 9.20. The molecule has 3 amide bonds. The molecule has 2 atom stereocenters. The molecule has 40 heavy (non-hydrogen) atoms. The number of halogens is 2. The number of allylic oxidation sites excluding steroid dienone is 4. The van der Waals surface area contributed by atoms with Crippen molar-refractivity contribution >= 4 is 17.8 Å². The van der Waals surface area contributed by atoms with Crippen LogP contribution in [0.25, 0.3) is 0 Å². The van der Waals surface area contributed by atoms with E-state index in [4.69, 9.17) is 9.84 Å². The van der Waals surface area contributed by atoms with Crippen LogP contribution in [0.15, 0.2) is 35.2 Å². The zero-order valence-electron chi connectivity index (χ0n) is 23.2. The first-order valence-electron chi connectivity index (χ1n) is 14.4. The molecule has 0 spiro atoms. The van der Waals surface area contributed by atoms with Gasteiger partial charge in [0, 0.05) is 82.0 Å². The predicted molar refractivity (Wildman–Crippen MR) is 146 cm³/mol. The SMILES string of the molecule is CNC(=O)N1CCc2c(c(N3CCCC4=C3C=C(C(F)F)C(C3C=CN(C)C(=O)C3)C4)nn2C2CCOCC2)C1. The second kappa shape index (κ2) is 11.0. The van der Waals surface area contributed by atoms with Crippen molar-refractivity contribution in [3.05, 3.63) is 46.5 Å². The summed E-state index contributed by atoms with van der Waals surface area (Å²) in [6.07, 6.45) is 7.64. The van der Waals surface area contributed by atoms with Crippen molar-refractivity contribution in [1.82, 2.24) is 24.9 Å². The van der Waals surface area contributed by atoms with Gasteiger partial charge in [0.05, 0.1) is 12.6 Å². The quantitative estimate of drug-likeness (QED) is 0.607. The van der Waals surface area contributed by atoms with Gasteiger partial charge in [-0.2, -0.15) is 5.10 Å². The molecule has 1 aromatic rings. The first-order chi connectivity index (χ1) is 19.4. The van der Waals surface area contributed by atoms with Gasteiger partial charge in [-0.15, -0.1) is 0 Å². The second-order valence-electron chi connectivity index (χ2n) is 11.5. The van der Waals surface area contributed by atoms with Crippen LogP contribution in [0.3, 0.4) is 0 Å². The van der Waals surface area contributed by atoms with Crippen LogP contribution >= 0.6 is 0 Å². The molecule has 1 aliphatic carbocycles. The van der Waals surface area contributed by atoms with Gasteiger partial charge in [0.15, 0.2) is 5.82 Å². The van der Waals surface area contributed by atoms with Crippen LogP contribution in [0.4, 0.5) is 19.4 Å². The van der Waals surface area contributed by atoms with Crippen LogP contribution in [0.2, 0.25) is 0 Å². The van der Waals surface area contributed by atoms with Crippen LogP contribution in [-0.2, 0) is 22.5 Å². The zero-order chi connectivity index (χ0) is 28.0. The Morgan fingerprint density at radius 3 is 2.70 bits per heavy atom. The van der Waals surface area contributed by atoms with Gasteiger partial charge in [-0.25, -0.2) is 13.6 Å². The van der Waals surface area contributed by atoms with Crippen molar-refractivity contribution < 1.29 is 23.1 Å². The number of nitrogens with zero attached hydrogens (tertiary/aromatic N) is 5. The molecule has 5 heterocycles. The molecule has 11 heteroatoms. The number of carbonyl (C=O) groups excluding carboxylic acids is 2. The summed E-state index contributed by atoms with van der Waals surface area (Å²) in [6, 6.07) is 0.0905. The average Bonchev–Trinajstić information content (AvgIpc) is 3.36. The van der Waals surface area contributed by atoms with Gasteiger partial charge in [0.1, 0.15) is 0 Å². The first kappa shape index (κ1) is 27.0. The fourth-order valence-electron chi connectivity index (χ4n) is 6.99. The molecule has 2 unspecified atom stereocenters. The van der Waals surface area contributed by atoms with Crippen LogP contribution in [0, 0.1) is 11.8 Å². The van der Waals surface area contributed by atoms with Crippen molar-refractivity contribution in [2.45, 2.75) is 64.0 Å². The van der Waals surface area contributed by atoms with Crippen molar-refractivity contribution in [3.63, 3.8) is 0 Å². The first-order valence-corrected chi connectivity index (χ1v) is 14.4. The van der Waals surface area contributed by atoms with Crippen LogP contribution in [0.1, 0.15) is 55.8 Å². The number of hydrogen-bond acceptors (Lipinski definition) is 5. The van der Waals surface area contributed by atoms with Gasteiger partial charge < -0.3 is 24.8 Å². The molecule has 9 nitrogen and oxygen atoms in total. The number of alkyl halides is 2. The smallest absolute Gasteiger partial charge is 0.317 e. The third kappa shape index (κ3) is 4.82. The second-order valence-corrected chi connectivity index (χ2v) is 11.5. The minimum Gasteiger partial charge on any atom is -0.381 e. The highest BCUT2D eigenvalue weighted by Crippen LogP contribution is 2.45. The molecule has 0 aromatic carbocycles. The van der Waals surface area contributed by atoms with Crippen molar-refractivity contribution in [2.24, 2.45) is 11.8 Å². The minimum atomic E-state index is -2.61. The van der Waals surface area contributed by atoms with Gasteiger partial charge >= 0.3 is 6.03 Å². The zero-order valence-corrected chi connectivity index (χ0v) is 23.2. The summed E-state index contributed by atoms with van der Waals surface area (Å²) in [5.74, 6) is 0.0946. The van der Waals surface area contributed by atoms with E-state index in [2.05, 4.69) is 14.9 Å². The lowest BCUT2D eigenvalue weighted by molar-refractivity contribution is -0.129. The fourth-order valence-corrected chi connectivity index (χ4v) is 6.99. The van der Waals surface area contributed by atoms with Gasteiger partial charge in [0.25, 0.3) is 6.43 Å². The number of anilines is 1.